The van der Waals surface area contributed by atoms with E-state index in [1.165, 1.54) is 57.9 Å². The minimum Gasteiger partial charge on any atom is -0.329 e. The number of piperidine rings is 1. The van der Waals surface area contributed by atoms with E-state index in [9.17, 15) is 0 Å². The van der Waals surface area contributed by atoms with Crippen molar-refractivity contribution in [2.75, 3.05) is 13.1 Å². The number of likely N-dealkylation sites (tertiary alicyclic amines) is 1. The second kappa shape index (κ2) is 5.71. The summed E-state index contributed by atoms with van der Waals surface area (Å²) in [6.07, 6.45) is 11.1. The molecule has 1 aliphatic heterocycles. The maximum absolute atomic E-state index is 6.14. The van der Waals surface area contributed by atoms with Crippen LogP contribution in [-0.2, 0) is 0 Å². The molecule has 1 aliphatic carbocycles. The van der Waals surface area contributed by atoms with Gasteiger partial charge in [-0.3, -0.25) is 4.90 Å². The molecule has 2 N–H and O–H groups in total. The second-order valence-electron chi connectivity index (χ2n) is 6.45. The van der Waals surface area contributed by atoms with Crippen LogP contribution < -0.4 is 5.73 Å². The van der Waals surface area contributed by atoms with Crippen molar-refractivity contribution in [2.24, 2.45) is 11.7 Å². The summed E-state index contributed by atoms with van der Waals surface area (Å²) < 4.78 is 0. The number of hydrogen-bond acceptors (Lipinski definition) is 2. The van der Waals surface area contributed by atoms with Gasteiger partial charge in [0.05, 0.1) is 0 Å². The van der Waals surface area contributed by atoms with E-state index in [0.717, 1.165) is 18.5 Å². The Morgan fingerprint density at radius 1 is 1.18 bits per heavy atom. The van der Waals surface area contributed by atoms with Crippen molar-refractivity contribution >= 4 is 0 Å². The molecule has 1 saturated carbocycles. The first-order chi connectivity index (χ1) is 8.19. The fraction of sp³-hybridized carbons (Fsp3) is 1.00. The van der Waals surface area contributed by atoms with Crippen molar-refractivity contribution in [3.63, 3.8) is 0 Å². The molecule has 1 saturated heterocycles. The fourth-order valence-electron chi connectivity index (χ4n) is 3.77. The zero-order valence-electron chi connectivity index (χ0n) is 11.8. The zero-order chi connectivity index (χ0) is 12.3. The fourth-order valence-corrected chi connectivity index (χ4v) is 3.77. The van der Waals surface area contributed by atoms with Crippen LogP contribution in [0.2, 0.25) is 0 Å². The van der Waals surface area contributed by atoms with Gasteiger partial charge >= 0.3 is 0 Å². The highest BCUT2D eigenvalue weighted by Crippen LogP contribution is 2.38. The Hall–Kier alpha value is -0.0800. The first-order valence-electron chi connectivity index (χ1n) is 7.66. The van der Waals surface area contributed by atoms with Crippen molar-refractivity contribution < 1.29 is 0 Å². The van der Waals surface area contributed by atoms with Crippen molar-refractivity contribution in [1.29, 1.82) is 0 Å². The second-order valence-corrected chi connectivity index (χ2v) is 6.45. The first-order valence-corrected chi connectivity index (χ1v) is 7.66. The monoisotopic (exact) mass is 238 g/mol. The molecule has 0 radical (unpaired) electrons. The number of rotatable bonds is 5. The molecule has 2 unspecified atom stereocenters. The summed E-state index contributed by atoms with van der Waals surface area (Å²) in [5.74, 6) is 0.961. The van der Waals surface area contributed by atoms with Crippen molar-refractivity contribution in [1.82, 2.24) is 4.90 Å². The third-order valence-electron chi connectivity index (χ3n) is 5.18. The molecule has 2 rings (SSSR count). The topological polar surface area (TPSA) is 29.3 Å². The Morgan fingerprint density at radius 3 is 2.47 bits per heavy atom. The van der Waals surface area contributed by atoms with Gasteiger partial charge in [0.2, 0.25) is 0 Å². The van der Waals surface area contributed by atoms with Gasteiger partial charge in [0, 0.05) is 18.1 Å². The molecule has 100 valence electrons. The van der Waals surface area contributed by atoms with E-state index in [-0.39, 0.29) is 5.54 Å². The van der Waals surface area contributed by atoms with Crippen LogP contribution in [0.15, 0.2) is 0 Å². The van der Waals surface area contributed by atoms with Crippen LogP contribution in [0, 0.1) is 5.92 Å². The Kier molecular flexibility index (Phi) is 4.48. The molecule has 0 amide bonds. The van der Waals surface area contributed by atoms with E-state index in [2.05, 4.69) is 18.7 Å². The van der Waals surface area contributed by atoms with Gasteiger partial charge in [-0.25, -0.2) is 0 Å². The lowest BCUT2D eigenvalue weighted by Crippen LogP contribution is -2.58. The molecule has 2 aliphatic rings. The highest BCUT2D eigenvalue weighted by atomic mass is 15.2. The van der Waals surface area contributed by atoms with Crippen LogP contribution in [-0.4, -0.2) is 29.6 Å². The molecule has 1 heterocycles. The van der Waals surface area contributed by atoms with Crippen LogP contribution in [0.4, 0.5) is 0 Å². The molecule has 2 heteroatoms. The molecular formula is C15H30N2. The molecule has 2 fully saturated rings. The van der Waals surface area contributed by atoms with Crippen molar-refractivity contribution in [2.45, 2.75) is 76.8 Å². The molecule has 2 nitrogen and oxygen atoms in total. The van der Waals surface area contributed by atoms with E-state index in [4.69, 9.17) is 5.73 Å². The summed E-state index contributed by atoms with van der Waals surface area (Å²) in [5.41, 5.74) is 6.41. The summed E-state index contributed by atoms with van der Waals surface area (Å²) in [5, 5.41) is 0. The summed E-state index contributed by atoms with van der Waals surface area (Å²) >= 11 is 0. The van der Waals surface area contributed by atoms with Crippen molar-refractivity contribution in [3.05, 3.63) is 0 Å². The summed E-state index contributed by atoms with van der Waals surface area (Å²) in [7, 11) is 0. The SMILES string of the molecule is CCC1CCCCN1C(C)(CN)CC1CCC1. The highest BCUT2D eigenvalue weighted by Gasteiger charge is 2.38. The van der Waals surface area contributed by atoms with Gasteiger partial charge in [0.1, 0.15) is 0 Å². The number of nitrogens with zero attached hydrogens (tertiary/aromatic N) is 1. The van der Waals surface area contributed by atoms with Gasteiger partial charge in [-0.05, 0) is 45.1 Å². The molecule has 0 bridgehead atoms. The van der Waals surface area contributed by atoms with Crippen LogP contribution in [0.5, 0.6) is 0 Å². The third kappa shape index (κ3) is 2.85. The van der Waals surface area contributed by atoms with E-state index in [1.807, 2.05) is 0 Å². The number of nitrogens with two attached hydrogens (primary N) is 1. The Morgan fingerprint density at radius 2 is 1.94 bits per heavy atom. The van der Waals surface area contributed by atoms with Gasteiger partial charge in [-0.1, -0.05) is 32.6 Å². The molecule has 0 aromatic rings. The van der Waals surface area contributed by atoms with E-state index in [0.29, 0.717) is 0 Å². The maximum Gasteiger partial charge on any atom is 0.0309 e. The zero-order valence-corrected chi connectivity index (χ0v) is 11.8. The highest BCUT2D eigenvalue weighted by molar-refractivity contribution is 4.95. The Bertz CT molecular complexity index is 237. The van der Waals surface area contributed by atoms with Gasteiger partial charge < -0.3 is 5.73 Å². The summed E-state index contributed by atoms with van der Waals surface area (Å²) in [6.45, 7) is 6.86. The Balaban J connectivity index is 2.02. The smallest absolute Gasteiger partial charge is 0.0309 e. The quantitative estimate of drug-likeness (QED) is 0.797. The predicted octanol–water partition coefficient (Wildman–Crippen LogP) is 3.16. The third-order valence-corrected chi connectivity index (χ3v) is 5.18. The van der Waals surface area contributed by atoms with Crippen LogP contribution in [0.25, 0.3) is 0 Å². The minimum atomic E-state index is 0.270. The molecule has 17 heavy (non-hydrogen) atoms. The minimum absolute atomic E-state index is 0.270. The predicted molar refractivity (Wildman–Crippen MR) is 74.1 cm³/mol. The average molecular weight is 238 g/mol. The van der Waals surface area contributed by atoms with E-state index >= 15 is 0 Å². The van der Waals surface area contributed by atoms with Gasteiger partial charge in [-0.2, -0.15) is 0 Å². The van der Waals surface area contributed by atoms with E-state index < -0.39 is 0 Å². The molecule has 2 atom stereocenters. The standard InChI is InChI=1S/C15H30N2/c1-3-14-9-4-5-10-17(14)15(2,12-16)11-13-7-6-8-13/h13-14H,3-12,16H2,1-2H3. The van der Waals surface area contributed by atoms with Gasteiger partial charge in [0.25, 0.3) is 0 Å². The Labute approximate surface area is 107 Å². The molecule has 0 spiro atoms. The van der Waals surface area contributed by atoms with Gasteiger partial charge in [0.15, 0.2) is 0 Å². The van der Waals surface area contributed by atoms with Crippen LogP contribution in [0.1, 0.15) is 65.2 Å². The normalized spacial score (nSPS) is 30.9. The number of hydrogen-bond donors (Lipinski definition) is 1. The summed E-state index contributed by atoms with van der Waals surface area (Å²) in [6, 6.07) is 0.789. The molecular weight excluding hydrogens is 208 g/mol. The first kappa shape index (κ1) is 13.4. The summed E-state index contributed by atoms with van der Waals surface area (Å²) in [4.78, 5) is 2.76. The lowest BCUT2D eigenvalue weighted by molar-refractivity contribution is 0.00726. The van der Waals surface area contributed by atoms with Crippen LogP contribution in [0.3, 0.4) is 0 Å². The largest absolute Gasteiger partial charge is 0.329 e. The maximum atomic E-state index is 6.14. The lowest BCUT2D eigenvalue weighted by atomic mass is 9.75. The van der Waals surface area contributed by atoms with Crippen LogP contribution >= 0.6 is 0 Å². The van der Waals surface area contributed by atoms with E-state index in [1.54, 1.807) is 0 Å². The van der Waals surface area contributed by atoms with Gasteiger partial charge in [-0.15, -0.1) is 0 Å². The molecule has 0 aromatic carbocycles. The average Bonchev–Trinajstić information content (AvgIpc) is 2.33. The lowest BCUT2D eigenvalue weighted by Gasteiger charge is -2.50. The van der Waals surface area contributed by atoms with Crippen molar-refractivity contribution in [3.8, 4) is 0 Å². The molecule has 0 aromatic heterocycles.